The van der Waals surface area contributed by atoms with Gasteiger partial charge in [-0.25, -0.2) is 13.1 Å². The van der Waals surface area contributed by atoms with E-state index >= 15 is 0 Å². The number of benzene rings is 1. The van der Waals surface area contributed by atoms with E-state index in [0.717, 1.165) is 6.54 Å². The minimum Gasteiger partial charge on any atom is -0.399 e. The van der Waals surface area contributed by atoms with Gasteiger partial charge in [-0.05, 0) is 31.3 Å². The monoisotopic (exact) mass is 287 g/mol. The maximum absolute atomic E-state index is 11.9. The summed E-state index contributed by atoms with van der Waals surface area (Å²) < 4.78 is 31.4. The lowest BCUT2D eigenvalue weighted by Gasteiger charge is -2.16. The van der Waals surface area contributed by atoms with Crippen LogP contribution in [0, 0.1) is 0 Å². The first-order valence-electron chi connectivity index (χ1n) is 5.98. The highest BCUT2D eigenvalue weighted by molar-refractivity contribution is 7.89. The fourth-order valence-electron chi connectivity index (χ4n) is 1.46. The van der Waals surface area contributed by atoms with Crippen molar-refractivity contribution in [1.29, 1.82) is 0 Å². The zero-order valence-electron chi connectivity index (χ0n) is 11.3. The predicted molar refractivity (Wildman–Crippen MR) is 75.4 cm³/mol. The Morgan fingerprint density at radius 3 is 2.47 bits per heavy atom. The zero-order chi connectivity index (χ0) is 14.3. The van der Waals surface area contributed by atoms with Gasteiger partial charge in [0.1, 0.15) is 0 Å². The van der Waals surface area contributed by atoms with E-state index in [4.69, 9.17) is 10.5 Å². The van der Waals surface area contributed by atoms with E-state index in [-0.39, 0.29) is 4.90 Å². The van der Waals surface area contributed by atoms with Crippen LogP contribution >= 0.6 is 0 Å². The molecule has 108 valence electrons. The third-order valence-electron chi connectivity index (χ3n) is 2.65. The van der Waals surface area contributed by atoms with Crippen molar-refractivity contribution in [3.8, 4) is 0 Å². The highest BCUT2D eigenvalue weighted by atomic mass is 32.2. The molecule has 0 aliphatic rings. The molecule has 0 bridgehead atoms. The number of hydrogen-bond acceptors (Lipinski definition) is 5. The first-order valence-corrected chi connectivity index (χ1v) is 7.46. The first-order chi connectivity index (χ1) is 8.95. The molecule has 6 nitrogen and oxygen atoms in total. The van der Waals surface area contributed by atoms with Gasteiger partial charge in [0.15, 0.2) is 0 Å². The molecule has 1 aromatic rings. The summed E-state index contributed by atoms with van der Waals surface area (Å²) in [5.74, 6) is 0. The molecule has 0 aromatic heterocycles. The summed E-state index contributed by atoms with van der Waals surface area (Å²) in [5.41, 5.74) is 6.06. The second-order valence-electron chi connectivity index (χ2n) is 4.26. The van der Waals surface area contributed by atoms with Gasteiger partial charge in [0.05, 0.1) is 11.5 Å². The molecule has 1 aromatic carbocycles. The Morgan fingerprint density at radius 1 is 1.26 bits per heavy atom. The van der Waals surface area contributed by atoms with Crippen LogP contribution in [-0.2, 0) is 14.8 Å². The van der Waals surface area contributed by atoms with Gasteiger partial charge in [0.2, 0.25) is 10.0 Å². The predicted octanol–water partition coefficient (Wildman–Crippen LogP) is 0.125. The van der Waals surface area contributed by atoms with E-state index in [0.29, 0.717) is 25.4 Å². The zero-order valence-corrected chi connectivity index (χ0v) is 12.1. The van der Waals surface area contributed by atoms with Gasteiger partial charge < -0.3 is 15.4 Å². The highest BCUT2D eigenvalue weighted by Gasteiger charge is 2.13. The number of likely N-dealkylation sites (N-methyl/N-ethyl adjacent to an activating group) is 1. The molecule has 0 amide bonds. The van der Waals surface area contributed by atoms with Gasteiger partial charge in [0, 0.05) is 32.4 Å². The fourth-order valence-corrected chi connectivity index (χ4v) is 2.48. The number of sulfonamides is 1. The van der Waals surface area contributed by atoms with Crippen molar-refractivity contribution in [3.63, 3.8) is 0 Å². The van der Waals surface area contributed by atoms with Crippen molar-refractivity contribution in [2.24, 2.45) is 0 Å². The molecule has 19 heavy (non-hydrogen) atoms. The number of nitrogen functional groups attached to an aromatic ring is 1. The third-order valence-corrected chi connectivity index (χ3v) is 4.13. The lowest BCUT2D eigenvalue weighted by Crippen LogP contribution is -2.34. The molecular weight excluding hydrogens is 266 g/mol. The molecule has 0 fully saturated rings. The van der Waals surface area contributed by atoms with Crippen molar-refractivity contribution in [2.75, 3.05) is 46.1 Å². The van der Waals surface area contributed by atoms with Crippen LogP contribution in [0.1, 0.15) is 0 Å². The summed E-state index contributed by atoms with van der Waals surface area (Å²) >= 11 is 0. The van der Waals surface area contributed by atoms with E-state index < -0.39 is 10.0 Å². The number of anilines is 1. The van der Waals surface area contributed by atoms with Crippen molar-refractivity contribution in [1.82, 2.24) is 9.62 Å². The molecule has 0 saturated heterocycles. The quantitative estimate of drug-likeness (QED) is 0.664. The number of nitrogens with zero attached hydrogens (tertiary/aromatic N) is 1. The molecule has 0 unspecified atom stereocenters. The smallest absolute Gasteiger partial charge is 0.240 e. The molecule has 0 aliphatic carbocycles. The van der Waals surface area contributed by atoms with Gasteiger partial charge in [-0.3, -0.25) is 0 Å². The molecule has 0 heterocycles. The Morgan fingerprint density at radius 2 is 1.89 bits per heavy atom. The van der Waals surface area contributed by atoms with Gasteiger partial charge in [-0.2, -0.15) is 0 Å². The van der Waals surface area contributed by atoms with Crippen LogP contribution in [-0.4, -0.2) is 53.7 Å². The standard InChI is InChI=1S/C12H21N3O3S/c1-15(9-10-18-2)8-7-14-19(16,17)12-5-3-11(13)4-6-12/h3-6,14H,7-10,13H2,1-2H3. The maximum atomic E-state index is 11.9. The van der Waals surface area contributed by atoms with Gasteiger partial charge >= 0.3 is 0 Å². The summed E-state index contributed by atoms with van der Waals surface area (Å²) in [6, 6.07) is 6.12. The minimum absolute atomic E-state index is 0.223. The summed E-state index contributed by atoms with van der Waals surface area (Å²) in [5, 5.41) is 0. The average Bonchev–Trinajstić information content (AvgIpc) is 2.36. The average molecular weight is 287 g/mol. The molecule has 3 N–H and O–H groups in total. The Bertz CT molecular complexity index is 473. The van der Waals surface area contributed by atoms with E-state index in [1.807, 2.05) is 11.9 Å². The fraction of sp³-hybridized carbons (Fsp3) is 0.500. The molecule has 0 saturated carbocycles. The molecule has 0 atom stereocenters. The third kappa shape index (κ3) is 5.56. The van der Waals surface area contributed by atoms with E-state index in [2.05, 4.69) is 4.72 Å². The van der Waals surface area contributed by atoms with Crippen LogP contribution in [0.2, 0.25) is 0 Å². The van der Waals surface area contributed by atoms with Gasteiger partial charge in [-0.1, -0.05) is 0 Å². The van der Waals surface area contributed by atoms with Crippen molar-refractivity contribution < 1.29 is 13.2 Å². The summed E-state index contributed by atoms with van der Waals surface area (Å²) in [7, 11) is 0.0931. The number of methoxy groups -OCH3 is 1. The number of nitrogens with two attached hydrogens (primary N) is 1. The van der Waals surface area contributed by atoms with Crippen molar-refractivity contribution >= 4 is 15.7 Å². The van der Waals surface area contributed by atoms with Crippen molar-refractivity contribution in [2.45, 2.75) is 4.90 Å². The Hall–Kier alpha value is -1.15. The Kier molecular flexibility index (Phi) is 6.23. The summed E-state index contributed by atoms with van der Waals surface area (Å²) in [6.45, 7) is 2.37. The largest absolute Gasteiger partial charge is 0.399 e. The summed E-state index contributed by atoms with van der Waals surface area (Å²) in [4.78, 5) is 2.22. The second-order valence-corrected chi connectivity index (χ2v) is 6.03. The number of ether oxygens (including phenoxy) is 1. The molecule has 0 radical (unpaired) electrons. The normalized spacial score (nSPS) is 11.9. The van der Waals surface area contributed by atoms with Crippen LogP contribution in [0.25, 0.3) is 0 Å². The highest BCUT2D eigenvalue weighted by Crippen LogP contribution is 2.10. The van der Waals surface area contributed by atoms with Crippen molar-refractivity contribution in [3.05, 3.63) is 24.3 Å². The van der Waals surface area contributed by atoms with E-state index in [9.17, 15) is 8.42 Å². The molecule has 1 rings (SSSR count). The maximum Gasteiger partial charge on any atom is 0.240 e. The lowest BCUT2D eigenvalue weighted by atomic mass is 10.3. The van der Waals surface area contributed by atoms with Crippen LogP contribution in [0.3, 0.4) is 0 Å². The van der Waals surface area contributed by atoms with Crippen LogP contribution in [0.15, 0.2) is 29.2 Å². The van der Waals surface area contributed by atoms with Crippen LogP contribution in [0.5, 0.6) is 0 Å². The number of hydrogen-bond donors (Lipinski definition) is 2. The minimum atomic E-state index is -3.46. The molecule has 7 heteroatoms. The Labute approximate surface area is 114 Å². The van der Waals surface area contributed by atoms with E-state index in [1.165, 1.54) is 12.1 Å². The Balaban J connectivity index is 2.45. The van der Waals surface area contributed by atoms with Gasteiger partial charge in [0.25, 0.3) is 0 Å². The molecule has 0 aliphatic heterocycles. The second kappa shape index (κ2) is 7.44. The lowest BCUT2D eigenvalue weighted by molar-refractivity contribution is 0.162. The number of rotatable bonds is 8. The van der Waals surface area contributed by atoms with Gasteiger partial charge in [-0.15, -0.1) is 0 Å². The topological polar surface area (TPSA) is 84.7 Å². The first kappa shape index (κ1) is 15.9. The molecule has 0 spiro atoms. The van der Waals surface area contributed by atoms with E-state index in [1.54, 1.807) is 19.2 Å². The number of nitrogens with one attached hydrogen (secondary N) is 1. The van der Waals surface area contributed by atoms with Crippen LogP contribution in [0.4, 0.5) is 5.69 Å². The SMILES string of the molecule is COCCN(C)CCNS(=O)(=O)c1ccc(N)cc1. The molecular formula is C12H21N3O3S. The summed E-state index contributed by atoms with van der Waals surface area (Å²) in [6.07, 6.45) is 0. The van der Waals surface area contributed by atoms with Crippen LogP contribution < -0.4 is 10.5 Å².